The molecule has 2 aliphatic rings. The highest BCUT2D eigenvalue weighted by Gasteiger charge is 2.29. The lowest BCUT2D eigenvalue weighted by Crippen LogP contribution is -2.26. The zero-order valence-electron chi connectivity index (χ0n) is 23.3. The largest absolute Gasteiger partial charge is 0.471 e. The van der Waals surface area contributed by atoms with E-state index in [0.29, 0.717) is 24.2 Å². The van der Waals surface area contributed by atoms with Crippen LogP contribution in [0.1, 0.15) is 78.1 Å². The van der Waals surface area contributed by atoms with Gasteiger partial charge in [-0.2, -0.15) is 5.10 Å². The Balaban J connectivity index is 0.00000176. The SMILES string of the molecule is CC.CCC1(C)CC=CC(COc2nn(C3=CCC(C)CC=C3)cc2C)=C(n2c(C)nn(C)c2=O)C1. The summed E-state index contributed by atoms with van der Waals surface area (Å²) in [4.78, 5) is 12.9. The Hall–Kier alpha value is -3.09. The fourth-order valence-corrected chi connectivity index (χ4v) is 4.64. The van der Waals surface area contributed by atoms with E-state index in [4.69, 9.17) is 9.84 Å². The third-order valence-electron chi connectivity index (χ3n) is 7.14. The highest BCUT2D eigenvalue weighted by atomic mass is 16.5. The number of ether oxygens (including phenoxy) is 1. The molecule has 0 radical (unpaired) electrons. The van der Waals surface area contributed by atoms with E-state index in [2.05, 4.69) is 56.2 Å². The highest BCUT2D eigenvalue weighted by molar-refractivity contribution is 5.58. The molecule has 0 aromatic carbocycles. The predicted molar refractivity (Wildman–Crippen MR) is 148 cm³/mol. The molecule has 36 heavy (non-hydrogen) atoms. The van der Waals surface area contributed by atoms with Gasteiger partial charge in [-0.25, -0.2) is 14.2 Å². The van der Waals surface area contributed by atoms with Crippen LogP contribution in [0.15, 0.2) is 46.9 Å². The fourth-order valence-electron chi connectivity index (χ4n) is 4.64. The Morgan fingerprint density at radius 3 is 2.56 bits per heavy atom. The molecule has 2 aromatic rings. The van der Waals surface area contributed by atoms with Crippen LogP contribution < -0.4 is 10.4 Å². The van der Waals surface area contributed by atoms with Gasteiger partial charge in [-0.15, -0.1) is 5.10 Å². The van der Waals surface area contributed by atoms with E-state index < -0.39 is 0 Å². The van der Waals surface area contributed by atoms with Gasteiger partial charge in [0.2, 0.25) is 5.88 Å². The Bertz CT molecular complexity index is 1240. The van der Waals surface area contributed by atoms with Crippen molar-refractivity contribution in [1.82, 2.24) is 24.1 Å². The highest BCUT2D eigenvalue weighted by Crippen LogP contribution is 2.39. The van der Waals surface area contributed by atoms with E-state index in [-0.39, 0.29) is 11.1 Å². The van der Waals surface area contributed by atoms with Crippen molar-refractivity contribution in [2.24, 2.45) is 18.4 Å². The minimum Gasteiger partial charge on any atom is -0.471 e. The summed E-state index contributed by atoms with van der Waals surface area (Å²) in [6, 6.07) is 0. The Labute approximate surface area is 215 Å². The molecule has 0 fully saturated rings. The predicted octanol–water partition coefficient (Wildman–Crippen LogP) is 6.30. The van der Waals surface area contributed by atoms with Gasteiger partial charge in [-0.1, -0.05) is 65.3 Å². The minimum atomic E-state index is -0.125. The van der Waals surface area contributed by atoms with Gasteiger partial charge in [0.25, 0.3) is 0 Å². The smallest absolute Gasteiger partial charge is 0.350 e. The second-order valence-corrected chi connectivity index (χ2v) is 10.2. The molecular weight excluding hydrogens is 450 g/mol. The Morgan fingerprint density at radius 1 is 1.14 bits per heavy atom. The van der Waals surface area contributed by atoms with Crippen LogP contribution in [-0.2, 0) is 7.05 Å². The number of hydrogen-bond acceptors (Lipinski definition) is 4. The Morgan fingerprint density at radius 2 is 1.89 bits per heavy atom. The molecule has 2 heterocycles. The first-order valence-corrected chi connectivity index (χ1v) is 13.3. The molecule has 0 spiro atoms. The van der Waals surface area contributed by atoms with Crippen molar-refractivity contribution in [2.75, 3.05) is 6.61 Å². The van der Waals surface area contributed by atoms with E-state index in [1.807, 2.05) is 38.6 Å². The van der Waals surface area contributed by atoms with Crippen molar-refractivity contribution in [2.45, 2.75) is 80.6 Å². The average Bonchev–Trinajstić information content (AvgIpc) is 3.16. The van der Waals surface area contributed by atoms with Gasteiger partial charge in [-0.3, -0.25) is 4.57 Å². The van der Waals surface area contributed by atoms with Crippen LogP contribution in [-0.4, -0.2) is 30.7 Å². The van der Waals surface area contributed by atoms with Crippen molar-refractivity contribution in [3.63, 3.8) is 0 Å². The van der Waals surface area contributed by atoms with Gasteiger partial charge < -0.3 is 4.74 Å². The van der Waals surface area contributed by atoms with Crippen LogP contribution in [0.3, 0.4) is 0 Å². The lowest BCUT2D eigenvalue weighted by atomic mass is 9.80. The summed E-state index contributed by atoms with van der Waals surface area (Å²) in [6.45, 7) is 15.0. The molecule has 196 valence electrons. The third kappa shape index (κ3) is 6.00. The molecule has 2 atom stereocenters. The van der Waals surface area contributed by atoms with E-state index in [9.17, 15) is 4.79 Å². The first-order chi connectivity index (χ1) is 17.2. The molecule has 0 aliphatic heterocycles. The van der Waals surface area contributed by atoms with Crippen LogP contribution in [0.25, 0.3) is 11.4 Å². The second kappa shape index (κ2) is 11.8. The summed E-state index contributed by atoms with van der Waals surface area (Å²) < 4.78 is 11.3. The van der Waals surface area contributed by atoms with E-state index in [1.165, 1.54) is 4.68 Å². The van der Waals surface area contributed by atoms with Gasteiger partial charge in [0.15, 0.2) is 0 Å². The number of aromatic nitrogens is 5. The summed E-state index contributed by atoms with van der Waals surface area (Å²) in [5, 5.41) is 9.10. The van der Waals surface area contributed by atoms with E-state index >= 15 is 0 Å². The van der Waals surface area contributed by atoms with Gasteiger partial charge in [-0.05, 0) is 56.9 Å². The molecule has 7 heteroatoms. The van der Waals surface area contributed by atoms with Gasteiger partial charge in [0.1, 0.15) is 12.4 Å². The van der Waals surface area contributed by atoms with E-state index in [1.54, 1.807) is 11.6 Å². The minimum absolute atomic E-state index is 0.0717. The van der Waals surface area contributed by atoms with Gasteiger partial charge in [0.05, 0.1) is 5.70 Å². The maximum Gasteiger partial charge on any atom is 0.350 e. The second-order valence-electron chi connectivity index (χ2n) is 10.2. The summed E-state index contributed by atoms with van der Waals surface area (Å²) in [5.41, 5.74) is 3.97. The molecule has 0 saturated carbocycles. The topological polar surface area (TPSA) is 66.9 Å². The molecule has 0 saturated heterocycles. The van der Waals surface area contributed by atoms with Gasteiger partial charge >= 0.3 is 5.69 Å². The molecular formula is C29H43N5O2. The Kier molecular flexibility index (Phi) is 8.98. The van der Waals surface area contributed by atoms with Crippen LogP contribution in [0.4, 0.5) is 0 Å². The number of rotatable bonds is 6. The molecule has 4 rings (SSSR count). The van der Waals surface area contributed by atoms with E-state index in [0.717, 1.165) is 54.6 Å². The molecule has 0 amide bonds. The van der Waals surface area contributed by atoms with Crippen LogP contribution >= 0.6 is 0 Å². The first-order valence-electron chi connectivity index (χ1n) is 13.3. The molecule has 0 bridgehead atoms. The first kappa shape index (κ1) is 27.5. The van der Waals surface area contributed by atoms with Crippen molar-refractivity contribution < 1.29 is 4.74 Å². The number of allylic oxidation sites excluding steroid dienone is 6. The van der Waals surface area contributed by atoms with Crippen LogP contribution in [0.2, 0.25) is 0 Å². The fraction of sp³-hybridized carbons (Fsp3) is 0.552. The quantitative estimate of drug-likeness (QED) is 0.473. The van der Waals surface area contributed by atoms with Crippen LogP contribution in [0, 0.1) is 25.2 Å². The van der Waals surface area contributed by atoms with Crippen molar-refractivity contribution in [1.29, 1.82) is 0 Å². The lowest BCUT2D eigenvalue weighted by Gasteiger charge is -2.28. The maximum atomic E-state index is 12.9. The molecule has 7 nitrogen and oxygen atoms in total. The number of hydrogen-bond donors (Lipinski definition) is 0. The van der Waals surface area contributed by atoms with Crippen molar-refractivity contribution in [3.8, 4) is 5.88 Å². The monoisotopic (exact) mass is 493 g/mol. The number of aryl methyl sites for hydroxylation is 3. The van der Waals surface area contributed by atoms with Gasteiger partial charge in [0, 0.05) is 30.1 Å². The molecule has 2 unspecified atom stereocenters. The third-order valence-corrected chi connectivity index (χ3v) is 7.14. The average molecular weight is 494 g/mol. The summed E-state index contributed by atoms with van der Waals surface area (Å²) in [7, 11) is 1.70. The zero-order valence-corrected chi connectivity index (χ0v) is 23.3. The van der Waals surface area contributed by atoms with Crippen molar-refractivity contribution in [3.05, 3.63) is 64.0 Å². The number of nitrogens with zero attached hydrogens (tertiary/aromatic N) is 5. The molecule has 2 aromatic heterocycles. The molecule has 2 aliphatic carbocycles. The normalized spacial score (nSPS) is 22.0. The standard InChI is InChI=1S/C27H37N5O2.C2H6/c1-7-27(5)15-9-11-22(24(16-27)32-21(4)28-30(6)26(32)33)18-34-25-20(3)17-31(29-25)23-12-8-10-19(2)13-14-23;1-2/h8-9,11-12,14,17,19H,7,10,13,15-16,18H2,1-6H3;1-2H3. The summed E-state index contributed by atoms with van der Waals surface area (Å²) in [5.74, 6) is 1.95. The summed E-state index contributed by atoms with van der Waals surface area (Å²) in [6.07, 6.45) is 17.8. The van der Waals surface area contributed by atoms with Crippen LogP contribution in [0.5, 0.6) is 5.88 Å². The zero-order chi connectivity index (χ0) is 26.5. The lowest BCUT2D eigenvalue weighted by molar-refractivity contribution is 0.318. The maximum absolute atomic E-state index is 12.9. The van der Waals surface area contributed by atoms with Crippen molar-refractivity contribution >= 4 is 11.4 Å². The molecule has 0 N–H and O–H groups in total. The summed E-state index contributed by atoms with van der Waals surface area (Å²) >= 11 is 0.